The monoisotopic (exact) mass is 468 g/mol. The molecule has 1 saturated carbocycles. The summed E-state index contributed by atoms with van der Waals surface area (Å²) in [6.07, 6.45) is 4.95. The van der Waals surface area contributed by atoms with Gasteiger partial charge in [0.25, 0.3) is 5.56 Å². The highest BCUT2D eigenvalue weighted by Gasteiger charge is 2.44. The van der Waals surface area contributed by atoms with Crippen LogP contribution in [0.5, 0.6) is 0 Å². The Morgan fingerprint density at radius 1 is 1.21 bits per heavy atom. The summed E-state index contributed by atoms with van der Waals surface area (Å²) < 4.78 is 9.05. The highest BCUT2D eigenvalue weighted by atomic mass is 35.5. The molecule has 0 radical (unpaired) electrons. The van der Waals surface area contributed by atoms with Gasteiger partial charge in [0.1, 0.15) is 17.5 Å². The lowest BCUT2D eigenvalue weighted by Crippen LogP contribution is -2.39. The Balaban J connectivity index is 1.46. The molecule has 4 aromatic rings. The molecular formula is C23H25ClN6O3. The Kier molecular flexibility index (Phi) is 4.83. The van der Waals surface area contributed by atoms with Crippen LogP contribution in [0.25, 0.3) is 28.1 Å². The van der Waals surface area contributed by atoms with Gasteiger partial charge in [-0.1, -0.05) is 23.7 Å². The van der Waals surface area contributed by atoms with Crippen molar-refractivity contribution in [3.05, 3.63) is 45.8 Å². The molecule has 1 saturated heterocycles. The lowest BCUT2D eigenvalue weighted by atomic mass is 10.1. The van der Waals surface area contributed by atoms with Crippen LogP contribution in [0.2, 0.25) is 5.02 Å². The summed E-state index contributed by atoms with van der Waals surface area (Å²) in [5.41, 5.74) is 2.20. The van der Waals surface area contributed by atoms with E-state index < -0.39 is 0 Å². The van der Waals surface area contributed by atoms with E-state index in [-0.39, 0.29) is 17.1 Å². The van der Waals surface area contributed by atoms with E-state index in [0.717, 1.165) is 49.8 Å². The molecule has 0 spiro atoms. The molecule has 33 heavy (non-hydrogen) atoms. The van der Waals surface area contributed by atoms with Crippen LogP contribution < -0.4 is 5.56 Å². The number of hydrogen-bond donors (Lipinski definition) is 1. The van der Waals surface area contributed by atoms with Gasteiger partial charge in [-0.05, 0) is 43.9 Å². The maximum atomic E-state index is 13.8. The number of likely N-dealkylation sites (tertiary alicyclic amines) is 1. The van der Waals surface area contributed by atoms with Gasteiger partial charge < -0.3 is 19.1 Å². The Hall–Kier alpha value is -2.75. The van der Waals surface area contributed by atoms with Crippen molar-refractivity contribution in [3.63, 3.8) is 0 Å². The van der Waals surface area contributed by atoms with Gasteiger partial charge >= 0.3 is 0 Å². The molecule has 1 aliphatic heterocycles. The molecule has 1 N–H and O–H groups in total. The average Bonchev–Trinajstić information content (AvgIpc) is 3.20. The molecule has 2 aliphatic rings. The molecule has 1 aromatic carbocycles. The van der Waals surface area contributed by atoms with Crippen molar-refractivity contribution in [1.29, 1.82) is 0 Å². The Labute approximate surface area is 194 Å². The number of rotatable bonds is 5. The fourth-order valence-corrected chi connectivity index (χ4v) is 4.79. The van der Waals surface area contributed by atoms with Crippen LogP contribution >= 0.6 is 11.6 Å². The van der Waals surface area contributed by atoms with Crippen molar-refractivity contribution < 1.29 is 9.63 Å². The van der Waals surface area contributed by atoms with Crippen molar-refractivity contribution in [2.75, 3.05) is 19.6 Å². The van der Waals surface area contributed by atoms with Crippen LogP contribution in [0.15, 0.2) is 33.8 Å². The highest BCUT2D eigenvalue weighted by molar-refractivity contribution is 6.31. The second-order valence-electron chi connectivity index (χ2n) is 9.46. The van der Waals surface area contributed by atoms with E-state index in [9.17, 15) is 9.90 Å². The van der Waals surface area contributed by atoms with Gasteiger partial charge in [-0.15, -0.1) is 0 Å². The number of fused-ring (bicyclic) bond motifs is 3. The minimum absolute atomic E-state index is 0.0630. The quantitative estimate of drug-likeness (QED) is 0.480. The third kappa shape index (κ3) is 3.55. The minimum atomic E-state index is -0.230. The van der Waals surface area contributed by atoms with Crippen molar-refractivity contribution in [2.45, 2.75) is 50.7 Å². The van der Waals surface area contributed by atoms with Crippen LogP contribution in [0.4, 0.5) is 0 Å². The molecule has 0 atom stereocenters. The first-order valence-corrected chi connectivity index (χ1v) is 11.7. The smallest absolute Gasteiger partial charge is 0.277 e. The topological polar surface area (TPSA) is 102 Å². The summed E-state index contributed by atoms with van der Waals surface area (Å²) >= 11 is 6.30. The third-order valence-corrected chi connectivity index (χ3v) is 7.29. The van der Waals surface area contributed by atoms with Gasteiger partial charge in [0, 0.05) is 36.6 Å². The molecule has 172 valence electrons. The summed E-state index contributed by atoms with van der Waals surface area (Å²) in [5, 5.41) is 14.5. The Morgan fingerprint density at radius 2 is 2.00 bits per heavy atom. The van der Waals surface area contributed by atoms with E-state index >= 15 is 0 Å². The molecule has 2 fully saturated rings. The maximum absolute atomic E-state index is 13.8. The third-order valence-electron chi connectivity index (χ3n) is 7.05. The zero-order chi connectivity index (χ0) is 22.7. The molecule has 0 unspecified atom stereocenters. The van der Waals surface area contributed by atoms with Gasteiger partial charge in [0.05, 0.1) is 17.1 Å². The van der Waals surface area contributed by atoms with Gasteiger partial charge in [-0.3, -0.25) is 9.20 Å². The van der Waals surface area contributed by atoms with E-state index in [1.165, 1.54) is 0 Å². The number of nitrogens with zero attached hydrogens (tertiary/aromatic N) is 6. The van der Waals surface area contributed by atoms with Crippen LogP contribution in [-0.4, -0.2) is 59.8 Å². The van der Waals surface area contributed by atoms with Crippen molar-refractivity contribution in [1.82, 2.24) is 29.0 Å². The first kappa shape index (κ1) is 20.8. The fourth-order valence-electron chi connectivity index (χ4n) is 4.63. The van der Waals surface area contributed by atoms with Gasteiger partial charge in [0.15, 0.2) is 0 Å². The first-order valence-electron chi connectivity index (χ1n) is 11.4. The molecule has 3 aromatic heterocycles. The number of benzene rings is 1. The summed E-state index contributed by atoms with van der Waals surface area (Å²) in [7, 11) is 0. The Morgan fingerprint density at radius 3 is 2.76 bits per heavy atom. The standard InChI is InChI=1S/C23H25ClN6O3/c1-23(6-7-23)22-26-20(27-33-22)18-19-21(32)29(11-10-28-8-4-15(31)5-9-28)17-12-14(24)2-3-16(17)30(19)13-25-18/h2-3,12-13,15,31H,4-11H2,1H3. The second kappa shape index (κ2) is 7.65. The molecule has 9 nitrogen and oxygen atoms in total. The van der Waals surface area contributed by atoms with Crippen LogP contribution in [0.1, 0.15) is 38.5 Å². The highest BCUT2D eigenvalue weighted by Crippen LogP contribution is 2.47. The average molecular weight is 469 g/mol. The molecule has 4 heterocycles. The van der Waals surface area contributed by atoms with E-state index in [1.807, 2.05) is 18.2 Å². The zero-order valence-corrected chi connectivity index (χ0v) is 19.1. The SMILES string of the molecule is CC1(c2nc(-c3ncn4c3c(=O)n(CCN3CCC(O)CC3)c3cc(Cl)ccc34)no2)CC1. The number of imidazole rings is 1. The predicted molar refractivity (Wildman–Crippen MR) is 124 cm³/mol. The zero-order valence-electron chi connectivity index (χ0n) is 18.4. The fraction of sp³-hybridized carbons (Fsp3) is 0.478. The number of aromatic nitrogens is 5. The Bertz CT molecular complexity index is 1410. The van der Waals surface area contributed by atoms with E-state index in [0.29, 0.717) is 41.0 Å². The normalized spacial score (nSPS) is 19.0. The number of aliphatic hydroxyl groups excluding tert-OH is 1. The molecule has 6 rings (SSSR count). The van der Waals surface area contributed by atoms with Crippen LogP contribution in [0, 0.1) is 0 Å². The number of aliphatic hydroxyl groups is 1. The number of halogens is 1. The van der Waals surface area contributed by atoms with Crippen molar-refractivity contribution >= 4 is 28.2 Å². The summed E-state index contributed by atoms with van der Waals surface area (Å²) in [6, 6.07) is 5.53. The molecule has 0 bridgehead atoms. The summed E-state index contributed by atoms with van der Waals surface area (Å²) in [4.78, 5) is 25.1. The largest absolute Gasteiger partial charge is 0.393 e. The summed E-state index contributed by atoms with van der Waals surface area (Å²) in [5.74, 6) is 0.932. The molecule has 10 heteroatoms. The van der Waals surface area contributed by atoms with E-state index in [1.54, 1.807) is 15.3 Å². The lowest BCUT2D eigenvalue weighted by Gasteiger charge is -2.29. The van der Waals surface area contributed by atoms with Crippen LogP contribution in [-0.2, 0) is 12.0 Å². The molecule has 1 aliphatic carbocycles. The van der Waals surface area contributed by atoms with Gasteiger partial charge in [-0.2, -0.15) is 4.98 Å². The van der Waals surface area contributed by atoms with E-state index in [2.05, 4.69) is 26.9 Å². The van der Waals surface area contributed by atoms with Gasteiger partial charge in [-0.25, -0.2) is 4.98 Å². The molecule has 0 amide bonds. The number of hydrogen-bond acceptors (Lipinski definition) is 7. The molecular weight excluding hydrogens is 444 g/mol. The van der Waals surface area contributed by atoms with Crippen molar-refractivity contribution in [2.24, 2.45) is 0 Å². The lowest BCUT2D eigenvalue weighted by molar-refractivity contribution is 0.0810. The maximum Gasteiger partial charge on any atom is 0.277 e. The summed E-state index contributed by atoms with van der Waals surface area (Å²) in [6.45, 7) is 4.94. The van der Waals surface area contributed by atoms with Crippen LogP contribution in [0.3, 0.4) is 0 Å². The minimum Gasteiger partial charge on any atom is -0.393 e. The van der Waals surface area contributed by atoms with Gasteiger partial charge in [0.2, 0.25) is 11.7 Å². The number of piperidine rings is 1. The predicted octanol–water partition coefficient (Wildman–Crippen LogP) is 2.86. The van der Waals surface area contributed by atoms with E-state index in [4.69, 9.17) is 16.1 Å². The first-order chi connectivity index (χ1) is 15.9. The second-order valence-corrected chi connectivity index (χ2v) is 9.89. The van der Waals surface area contributed by atoms with Crippen molar-refractivity contribution in [3.8, 4) is 11.5 Å².